The van der Waals surface area contributed by atoms with E-state index in [9.17, 15) is 4.21 Å². The van der Waals surface area contributed by atoms with Crippen molar-refractivity contribution in [2.24, 2.45) is 0 Å². The largest absolute Gasteiger partial charge is 0.250 e. The zero-order valence-electron chi connectivity index (χ0n) is 13.9. The maximum atomic E-state index is 12.6. The lowest BCUT2D eigenvalue weighted by Gasteiger charge is -2.21. The van der Waals surface area contributed by atoms with E-state index in [-0.39, 0.29) is 0 Å². The van der Waals surface area contributed by atoms with Crippen molar-refractivity contribution in [3.63, 3.8) is 0 Å². The molecule has 0 unspecified atom stereocenters. The molecule has 0 bridgehead atoms. The van der Waals surface area contributed by atoms with Crippen LogP contribution in [-0.4, -0.2) is 4.21 Å². The number of hydrogen-bond acceptors (Lipinski definition) is 1. The van der Waals surface area contributed by atoms with Crippen molar-refractivity contribution in [1.82, 2.24) is 0 Å². The van der Waals surface area contributed by atoms with Gasteiger partial charge >= 0.3 is 0 Å². The van der Waals surface area contributed by atoms with Gasteiger partial charge in [0.1, 0.15) is 0 Å². The molecule has 0 radical (unpaired) electrons. The predicted octanol–water partition coefficient (Wildman–Crippen LogP) is 5.70. The number of allylic oxidation sites excluding steroid dienone is 1. The Balaban J connectivity index is 3.63. The quantitative estimate of drug-likeness (QED) is 0.680. The summed E-state index contributed by atoms with van der Waals surface area (Å²) in [5.41, 5.74) is 3.81. The first kappa shape index (κ1) is 17.2. The maximum Gasteiger partial charge on any atom is 0.0778 e. The van der Waals surface area contributed by atoms with Gasteiger partial charge in [-0.3, -0.25) is 0 Å². The van der Waals surface area contributed by atoms with Crippen LogP contribution in [0.15, 0.2) is 28.5 Å². The summed E-state index contributed by atoms with van der Waals surface area (Å²) in [6.07, 6.45) is 1.88. The molecule has 1 nitrogen and oxygen atoms in total. The first-order valence-corrected chi connectivity index (χ1v) is 8.71. The summed E-state index contributed by atoms with van der Waals surface area (Å²) in [7, 11) is -1.05. The van der Waals surface area contributed by atoms with Gasteiger partial charge in [0, 0.05) is 5.41 Å². The average molecular weight is 292 g/mol. The van der Waals surface area contributed by atoms with E-state index in [1.807, 2.05) is 13.0 Å². The van der Waals surface area contributed by atoms with Crippen LogP contribution in [0.25, 0.3) is 0 Å². The van der Waals surface area contributed by atoms with Gasteiger partial charge in [0.25, 0.3) is 0 Å². The van der Waals surface area contributed by atoms with Crippen LogP contribution < -0.4 is 0 Å². The highest BCUT2D eigenvalue weighted by Crippen LogP contribution is 2.34. The van der Waals surface area contributed by atoms with Gasteiger partial charge in [0.05, 0.1) is 15.7 Å². The fraction of sp³-hybridized carbons (Fsp3) is 0.556. The van der Waals surface area contributed by atoms with Crippen molar-refractivity contribution in [2.75, 3.05) is 0 Å². The fourth-order valence-electron chi connectivity index (χ4n) is 2.31. The van der Waals surface area contributed by atoms with E-state index in [4.69, 9.17) is 0 Å². The molecule has 0 aliphatic heterocycles. The third kappa shape index (κ3) is 3.82. The molecule has 20 heavy (non-hydrogen) atoms. The lowest BCUT2D eigenvalue weighted by molar-refractivity contribution is 0.681. The summed E-state index contributed by atoms with van der Waals surface area (Å²) in [5.74, 6) is 1.26. The van der Waals surface area contributed by atoms with E-state index in [0.29, 0.717) is 17.8 Å². The fourth-order valence-corrected chi connectivity index (χ4v) is 3.75. The first-order valence-electron chi connectivity index (χ1n) is 7.50. The van der Waals surface area contributed by atoms with Gasteiger partial charge in [-0.05, 0) is 41.4 Å². The van der Waals surface area contributed by atoms with Crippen LogP contribution in [0.5, 0.6) is 0 Å². The zero-order valence-corrected chi connectivity index (χ0v) is 14.7. The predicted molar refractivity (Wildman–Crippen MR) is 89.9 cm³/mol. The summed E-state index contributed by atoms with van der Waals surface area (Å²) in [6.45, 7) is 15.1. The Hall–Kier alpha value is -0.890. The molecule has 1 atom stereocenters. The Bertz CT molecular complexity index is 481. The van der Waals surface area contributed by atoms with Gasteiger partial charge in [0.15, 0.2) is 0 Å². The molecule has 1 aromatic rings. The van der Waals surface area contributed by atoms with Crippen LogP contribution in [0.1, 0.15) is 82.9 Å². The van der Waals surface area contributed by atoms with Crippen molar-refractivity contribution >= 4 is 10.8 Å². The second-order valence-electron chi connectivity index (χ2n) is 6.26. The average Bonchev–Trinajstić information content (AvgIpc) is 2.36. The van der Waals surface area contributed by atoms with E-state index < -0.39 is 10.8 Å². The van der Waals surface area contributed by atoms with Crippen LogP contribution >= 0.6 is 0 Å². The summed E-state index contributed by atoms with van der Waals surface area (Å²) in [6, 6.07) is 4.50. The molecule has 1 rings (SSSR count). The molecule has 0 aliphatic carbocycles. The van der Waals surface area contributed by atoms with Gasteiger partial charge in [-0.15, -0.1) is 0 Å². The Labute approximate surface area is 126 Å². The normalized spacial score (nSPS) is 13.9. The minimum atomic E-state index is -1.05. The summed E-state index contributed by atoms with van der Waals surface area (Å²) in [5, 5.41) is 1.79. The smallest absolute Gasteiger partial charge is 0.0778 e. The number of hydrogen-bond donors (Lipinski definition) is 0. The summed E-state index contributed by atoms with van der Waals surface area (Å²) < 4.78 is 12.6. The number of benzene rings is 1. The lowest BCUT2D eigenvalue weighted by atomic mass is 9.89. The third-order valence-electron chi connectivity index (χ3n) is 3.54. The molecule has 0 spiro atoms. The molecule has 0 amide bonds. The molecule has 2 heteroatoms. The van der Waals surface area contributed by atoms with Crippen LogP contribution in [0.4, 0.5) is 0 Å². The van der Waals surface area contributed by atoms with Crippen molar-refractivity contribution in [3.8, 4) is 0 Å². The van der Waals surface area contributed by atoms with Gasteiger partial charge in [-0.25, -0.2) is 4.21 Å². The van der Waals surface area contributed by atoms with Gasteiger partial charge in [-0.2, -0.15) is 0 Å². The minimum Gasteiger partial charge on any atom is -0.250 e. The summed E-state index contributed by atoms with van der Waals surface area (Å²) in [4.78, 5) is 1.03. The lowest BCUT2D eigenvalue weighted by Crippen LogP contribution is -2.07. The molecule has 112 valence electrons. The Kier molecular flexibility index (Phi) is 6.19. The van der Waals surface area contributed by atoms with E-state index in [1.165, 1.54) is 16.7 Å². The van der Waals surface area contributed by atoms with Crippen LogP contribution in [0.3, 0.4) is 0 Å². The molecular formula is C18H28OS. The standard InChI is InChI=1S/C18H28OS/c1-8-9-20(19)18-16(13(4)5)10-15(12(2)3)11-17(18)14(6)7/h8-14H,1-7H3/b9-8+/t20-/m0/s1. The van der Waals surface area contributed by atoms with Crippen LogP contribution in [0, 0.1) is 0 Å². The molecule has 0 heterocycles. The SMILES string of the molecule is C/C=C/[S@](=O)c1c(C(C)C)cc(C(C)C)cc1C(C)C. The highest BCUT2D eigenvalue weighted by atomic mass is 32.2. The minimum absolute atomic E-state index is 0.385. The topological polar surface area (TPSA) is 17.1 Å². The van der Waals surface area contributed by atoms with Crippen molar-refractivity contribution in [1.29, 1.82) is 0 Å². The van der Waals surface area contributed by atoms with Gasteiger partial charge < -0.3 is 0 Å². The molecule has 1 aromatic carbocycles. The Morgan fingerprint density at radius 3 is 1.65 bits per heavy atom. The van der Waals surface area contributed by atoms with E-state index in [2.05, 4.69) is 53.7 Å². The number of rotatable bonds is 5. The Morgan fingerprint density at radius 2 is 1.35 bits per heavy atom. The van der Waals surface area contributed by atoms with Gasteiger partial charge in [0.2, 0.25) is 0 Å². The Morgan fingerprint density at radius 1 is 0.900 bits per heavy atom. The summed E-state index contributed by atoms with van der Waals surface area (Å²) >= 11 is 0. The second-order valence-corrected chi connectivity index (χ2v) is 7.53. The van der Waals surface area contributed by atoms with Crippen LogP contribution in [-0.2, 0) is 10.8 Å². The molecule has 0 aliphatic rings. The van der Waals surface area contributed by atoms with Crippen LogP contribution in [0.2, 0.25) is 0 Å². The maximum absolute atomic E-state index is 12.6. The molecule has 0 aromatic heterocycles. The van der Waals surface area contributed by atoms with Crippen molar-refractivity contribution < 1.29 is 4.21 Å². The zero-order chi connectivity index (χ0) is 15.4. The first-order chi connectivity index (χ1) is 9.29. The van der Waals surface area contributed by atoms with E-state index >= 15 is 0 Å². The third-order valence-corrected chi connectivity index (χ3v) is 4.93. The molecule has 0 N–H and O–H groups in total. The molecule has 0 saturated carbocycles. The molecule has 0 fully saturated rings. The monoisotopic (exact) mass is 292 g/mol. The second kappa shape index (κ2) is 7.21. The molecular weight excluding hydrogens is 264 g/mol. The highest BCUT2D eigenvalue weighted by molar-refractivity contribution is 7.88. The van der Waals surface area contributed by atoms with E-state index in [0.717, 1.165) is 4.90 Å². The molecule has 0 saturated heterocycles. The highest BCUT2D eigenvalue weighted by Gasteiger charge is 2.20. The van der Waals surface area contributed by atoms with E-state index in [1.54, 1.807) is 5.41 Å². The van der Waals surface area contributed by atoms with Gasteiger partial charge in [-0.1, -0.05) is 59.8 Å². The van der Waals surface area contributed by atoms with Crippen molar-refractivity contribution in [2.45, 2.75) is 71.1 Å². The van der Waals surface area contributed by atoms with Crippen molar-refractivity contribution in [3.05, 3.63) is 40.3 Å².